The lowest BCUT2D eigenvalue weighted by Gasteiger charge is -2.22. The molecule has 0 amide bonds. The smallest absolute Gasteiger partial charge is 0.243 e. The molecule has 2 aromatic carbocycles. The van der Waals surface area contributed by atoms with Crippen LogP contribution in [0, 0.1) is 6.92 Å². The number of hydrogen-bond acceptors (Lipinski definition) is 4. The van der Waals surface area contributed by atoms with Gasteiger partial charge in [-0.25, -0.2) is 8.42 Å². The Balaban J connectivity index is 2.30. The van der Waals surface area contributed by atoms with E-state index in [1.807, 2.05) is 31.2 Å². The predicted octanol–water partition coefficient (Wildman–Crippen LogP) is 2.92. The molecule has 0 aromatic heterocycles. The zero-order valence-electron chi connectivity index (χ0n) is 14.5. The lowest BCUT2D eigenvalue weighted by molar-refractivity contribution is -0.107. The molecule has 0 unspecified atom stereocenters. The maximum Gasteiger partial charge on any atom is 0.243 e. The van der Waals surface area contributed by atoms with Crippen molar-refractivity contribution < 1.29 is 17.9 Å². The summed E-state index contributed by atoms with van der Waals surface area (Å²) in [6.45, 7) is 2.73. The molecule has 0 heterocycles. The van der Waals surface area contributed by atoms with Crippen LogP contribution in [0.4, 0.5) is 0 Å². The van der Waals surface area contributed by atoms with Crippen molar-refractivity contribution in [2.75, 3.05) is 13.7 Å². The minimum atomic E-state index is -3.67. The Morgan fingerprint density at radius 1 is 1.08 bits per heavy atom. The quantitative estimate of drug-likeness (QED) is 0.644. The first-order valence-corrected chi connectivity index (χ1v) is 9.48. The van der Waals surface area contributed by atoms with Crippen molar-refractivity contribution in [3.63, 3.8) is 0 Å². The summed E-state index contributed by atoms with van der Waals surface area (Å²) in [5.74, 6) is 0. The molecule has 0 saturated carbocycles. The van der Waals surface area contributed by atoms with Crippen molar-refractivity contribution in [1.82, 2.24) is 4.31 Å². The van der Waals surface area contributed by atoms with E-state index in [0.717, 1.165) is 23.0 Å². The fraction of sp³-hybridized carbons (Fsp3) is 0.316. The molecule has 6 heteroatoms. The van der Waals surface area contributed by atoms with Crippen molar-refractivity contribution in [3.8, 4) is 0 Å². The number of ether oxygens (including phenoxy) is 1. The zero-order chi connectivity index (χ0) is 18.3. The molecule has 0 radical (unpaired) electrons. The van der Waals surface area contributed by atoms with Crippen LogP contribution in [0.15, 0.2) is 53.4 Å². The summed E-state index contributed by atoms with van der Waals surface area (Å²) < 4.78 is 32.4. The molecule has 0 aliphatic rings. The van der Waals surface area contributed by atoms with Gasteiger partial charge in [-0.05, 0) is 30.2 Å². The third-order valence-electron chi connectivity index (χ3n) is 3.82. The van der Waals surface area contributed by atoms with E-state index in [-0.39, 0.29) is 24.4 Å². The van der Waals surface area contributed by atoms with Crippen LogP contribution in [0.5, 0.6) is 0 Å². The summed E-state index contributed by atoms with van der Waals surface area (Å²) in [7, 11) is -2.05. The second kappa shape index (κ2) is 8.89. The van der Waals surface area contributed by atoms with Crippen molar-refractivity contribution in [2.24, 2.45) is 0 Å². The highest BCUT2D eigenvalue weighted by Crippen LogP contribution is 2.20. The number of carbonyl (C=O) groups excluding carboxylic acids is 1. The number of aryl methyl sites for hydroxylation is 1. The lowest BCUT2D eigenvalue weighted by atomic mass is 10.1. The van der Waals surface area contributed by atoms with Crippen molar-refractivity contribution in [3.05, 3.63) is 65.2 Å². The molecule has 0 spiro atoms. The molecule has 25 heavy (non-hydrogen) atoms. The molecule has 0 saturated heterocycles. The van der Waals surface area contributed by atoms with Crippen LogP contribution in [0.2, 0.25) is 0 Å². The van der Waals surface area contributed by atoms with Crippen LogP contribution in [0.1, 0.15) is 23.1 Å². The van der Waals surface area contributed by atoms with Gasteiger partial charge in [-0.2, -0.15) is 4.31 Å². The summed E-state index contributed by atoms with van der Waals surface area (Å²) in [4.78, 5) is 11.0. The second-order valence-electron chi connectivity index (χ2n) is 5.86. The maximum absolute atomic E-state index is 12.9. The first-order valence-electron chi connectivity index (χ1n) is 8.04. The molecule has 0 aliphatic carbocycles. The Morgan fingerprint density at radius 2 is 1.76 bits per heavy atom. The molecule has 2 rings (SSSR count). The predicted molar refractivity (Wildman–Crippen MR) is 96.6 cm³/mol. The standard InChI is InChI=1S/C19H23NO4S/c1-16-7-9-19(10-8-16)25(22,23)20(11-4-12-21)14-17-5-3-6-18(13-17)15-24-2/h3,5-10,12-13H,4,11,14-15H2,1-2H3. The fourth-order valence-corrected chi connectivity index (χ4v) is 3.97. The van der Waals surface area contributed by atoms with Crippen LogP contribution in [-0.4, -0.2) is 32.7 Å². The Morgan fingerprint density at radius 3 is 2.40 bits per heavy atom. The number of benzene rings is 2. The number of aldehydes is 1. The van der Waals surface area contributed by atoms with E-state index in [4.69, 9.17) is 4.74 Å². The highest BCUT2D eigenvalue weighted by molar-refractivity contribution is 7.89. The number of sulfonamides is 1. The highest BCUT2D eigenvalue weighted by atomic mass is 32.2. The third-order valence-corrected chi connectivity index (χ3v) is 5.68. The molecule has 0 bridgehead atoms. The number of hydrogen-bond donors (Lipinski definition) is 0. The topological polar surface area (TPSA) is 63.7 Å². The second-order valence-corrected chi connectivity index (χ2v) is 7.80. The number of methoxy groups -OCH3 is 1. The van der Waals surface area contributed by atoms with E-state index < -0.39 is 10.0 Å². The highest BCUT2D eigenvalue weighted by Gasteiger charge is 2.24. The van der Waals surface area contributed by atoms with E-state index in [1.165, 1.54) is 4.31 Å². The SMILES string of the molecule is COCc1cccc(CN(CCC=O)S(=O)(=O)c2ccc(C)cc2)c1. The third kappa shape index (κ3) is 5.22. The van der Waals surface area contributed by atoms with Gasteiger partial charge in [0.05, 0.1) is 11.5 Å². The van der Waals surface area contributed by atoms with Crippen LogP contribution in [0.25, 0.3) is 0 Å². The van der Waals surface area contributed by atoms with Gasteiger partial charge in [-0.1, -0.05) is 42.0 Å². The lowest BCUT2D eigenvalue weighted by Crippen LogP contribution is -2.32. The molecule has 0 fully saturated rings. The number of nitrogens with zero attached hydrogens (tertiary/aromatic N) is 1. The molecule has 0 N–H and O–H groups in total. The van der Waals surface area contributed by atoms with Gasteiger partial charge in [0.2, 0.25) is 10.0 Å². The Kier molecular flexibility index (Phi) is 6.87. The molecule has 134 valence electrons. The average molecular weight is 361 g/mol. The average Bonchev–Trinajstić information content (AvgIpc) is 2.59. The molecule has 2 aromatic rings. The summed E-state index contributed by atoms with van der Waals surface area (Å²) in [6.07, 6.45) is 0.891. The van der Waals surface area contributed by atoms with Crippen LogP contribution < -0.4 is 0 Å². The van der Waals surface area contributed by atoms with E-state index in [0.29, 0.717) is 6.61 Å². The first-order chi connectivity index (χ1) is 12.0. The van der Waals surface area contributed by atoms with Gasteiger partial charge in [0.1, 0.15) is 6.29 Å². The normalized spacial score (nSPS) is 11.6. The van der Waals surface area contributed by atoms with Crippen LogP contribution >= 0.6 is 0 Å². The number of rotatable bonds is 9. The van der Waals surface area contributed by atoms with E-state index in [9.17, 15) is 13.2 Å². The molecule has 5 nitrogen and oxygen atoms in total. The molecule has 0 aliphatic heterocycles. The molecule has 0 atom stereocenters. The van der Waals surface area contributed by atoms with Gasteiger partial charge in [-0.3, -0.25) is 0 Å². The van der Waals surface area contributed by atoms with Crippen molar-refractivity contribution in [2.45, 2.75) is 31.4 Å². The minimum absolute atomic E-state index is 0.147. The van der Waals surface area contributed by atoms with E-state index in [2.05, 4.69) is 0 Å². The van der Waals surface area contributed by atoms with E-state index >= 15 is 0 Å². The largest absolute Gasteiger partial charge is 0.380 e. The Bertz CT molecular complexity index is 800. The van der Waals surface area contributed by atoms with E-state index in [1.54, 1.807) is 31.4 Å². The summed E-state index contributed by atoms with van der Waals surface area (Å²) in [6, 6.07) is 14.3. The summed E-state index contributed by atoms with van der Waals surface area (Å²) >= 11 is 0. The monoisotopic (exact) mass is 361 g/mol. The van der Waals surface area contributed by atoms with Crippen molar-refractivity contribution >= 4 is 16.3 Å². The molecular weight excluding hydrogens is 338 g/mol. The summed E-state index contributed by atoms with van der Waals surface area (Å²) in [5, 5.41) is 0. The Hall–Kier alpha value is -2.02. The van der Waals surface area contributed by atoms with Gasteiger partial charge < -0.3 is 9.53 Å². The van der Waals surface area contributed by atoms with Gasteiger partial charge >= 0.3 is 0 Å². The van der Waals surface area contributed by atoms with Gasteiger partial charge in [-0.15, -0.1) is 0 Å². The zero-order valence-corrected chi connectivity index (χ0v) is 15.3. The summed E-state index contributed by atoms with van der Waals surface area (Å²) in [5.41, 5.74) is 2.82. The van der Waals surface area contributed by atoms with Gasteiger partial charge in [0.25, 0.3) is 0 Å². The van der Waals surface area contributed by atoms with Crippen LogP contribution in [0.3, 0.4) is 0 Å². The minimum Gasteiger partial charge on any atom is -0.380 e. The number of carbonyl (C=O) groups is 1. The van der Waals surface area contributed by atoms with Crippen LogP contribution in [-0.2, 0) is 32.7 Å². The fourth-order valence-electron chi connectivity index (χ4n) is 2.53. The Labute approximate surface area is 149 Å². The molecular formula is C19H23NO4S. The van der Waals surface area contributed by atoms with Gasteiger partial charge in [0, 0.05) is 26.6 Å². The van der Waals surface area contributed by atoms with Gasteiger partial charge in [0.15, 0.2) is 0 Å². The maximum atomic E-state index is 12.9. The van der Waals surface area contributed by atoms with Crippen molar-refractivity contribution in [1.29, 1.82) is 0 Å². The first kappa shape index (κ1) is 19.3.